The van der Waals surface area contributed by atoms with Crippen LogP contribution in [0.2, 0.25) is 0 Å². The number of methoxy groups -OCH3 is 1. The van der Waals surface area contributed by atoms with Gasteiger partial charge in [0.1, 0.15) is 11.4 Å². The molecule has 8 heteroatoms. The highest BCUT2D eigenvalue weighted by Crippen LogP contribution is 2.35. The molecule has 1 amide bonds. The number of nitrogens with one attached hydrogen (secondary N) is 2. The molecule has 1 aliphatic carbocycles. The van der Waals surface area contributed by atoms with Gasteiger partial charge in [-0.3, -0.25) is 9.48 Å². The van der Waals surface area contributed by atoms with Gasteiger partial charge >= 0.3 is 0 Å². The van der Waals surface area contributed by atoms with Crippen LogP contribution in [0.1, 0.15) is 67.2 Å². The Balaban J connectivity index is 1.18. The number of carbonyl (C=O) groups is 1. The maximum atomic E-state index is 12.8. The number of benzene rings is 1. The first-order chi connectivity index (χ1) is 18.5. The van der Waals surface area contributed by atoms with Crippen molar-refractivity contribution in [1.29, 1.82) is 0 Å². The molecule has 0 atom stereocenters. The fourth-order valence-corrected chi connectivity index (χ4v) is 6.08. The highest BCUT2D eigenvalue weighted by Gasteiger charge is 2.25. The van der Waals surface area contributed by atoms with E-state index in [0.29, 0.717) is 23.2 Å². The first-order valence-electron chi connectivity index (χ1n) is 14.2. The molecule has 1 aliphatic heterocycles. The minimum absolute atomic E-state index is 0.252. The summed E-state index contributed by atoms with van der Waals surface area (Å²) in [6.07, 6.45) is 10.9. The Morgan fingerprint density at radius 2 is 1.92 bits per heavy atom. The average molecular weight is 519 g/mol. The number of fused-ring (bicyclic) bond motifs is 1. The fourth-order valence-electron chi connectivity index (χ4n) is 6.08. The van der Waals surface area contributed by atoms with Crippen molar-refractivity contribution in [2.75, 3.05) is 45.7 Å². The minimum atomic E-state index is -0.252. The zero-order valence-corrected chi connectivity index (χ0v) is 23.1. The second-order valence-corrected chi connectivity index (χ2v) is 11.3. The van der Waals surface area contributed by atoms with E-state index in [-0.39, 0.29) is 5.91 Å². The van der Waals surface area contributed by atoms with Crippen LogP contribution in [0.15, 0.2) is 36.5 Å². The van der Waals surface area contributed by atoms with Gasteiger partial charge in [-0.25, -0.2) is 4.98 Å². The molecule has 0 radical (unpaired) electrons. The van der Waals surface area contributed by atoms with Gasteiger partial charge < -0.3 is 20.3 Å². The van der Waals surface area contributed by atoms with Crippen LogP contribution in [0.25, 0.3) is 10.9 Å². The standard InChI is InChI=1S/C30H42N6O2/c1-21-5-4-6-26(32-21)30(37)33-28-17-24-20-36(34-27(24)18-29(28)38-3)25-9-7-23(8-10-25)19-35(2)16-13-22-11-14-31-15-12-22/h4-6,17-18,20,22-23,25,31H,7-16,19H2,1-3H3,(H,33,37)/t23-,25-. The van der Waals surface area contributed by atoms with Crippen LogP contribution < -0.4 is 15.4 Å². The van der Waals surface area contributed by atoms with Gasteiger partial charge in [-0.15, -0.1) is 0 Å². The summed E-state index contributed by atoms with van der Waals surface area (Å²) in [6.45, 7) is 6.67. The highest BCUT2D eigenvalue weighted by atomic mass is 16.5. The third-order valence-corrected chi connectivity index (χ3v) is 8.35. The molecule has 204 valence electrons. The number of anilines is 1. The number of aryl methyl sites for hydroxylation is 1. The third kappa shape index (κ3) is 6.53. The number of piperidine rings is 1. The Labute approximate surface area is 226 Å². The summed E-state index contributed by atoms with van der Waals surface area (Å²) < 4.78 is 7.72. The van der Waals surface area contributed by atoms with Crippen molar-refractivity contribution in [2.24, 2.45) is 11.8 Å². The Hall–Kier alpha value is -2.97. The lowest BCUT2D eigenvalue weighted by molar-refractivity contribution is 0.102. The van der Waals surface area contributed by atoms with E-state index in [1.165, 1.54) is 58.3 Å². The predicted octanol–water partition coefficient (Wildman–Crippen LogP) is 5.05. The number of ether oxygens (including phenoxy) is 1. The molecule has 38 heavy (non-hydrogen) atoms. The summed E-state index contributed by atoms with van der Waals surface area (Å²) in [7, 11) is 3.91. The van der Waals surface area contributed by atoms with Crippen LogP contribution in [0.3, 0.4) is 0 Å². The van der Waals surface area contributed by atoms with Gasteiger partial charge in [0.05, 0.1) is 24.4 Å². The zero-order chi connectivity index (χ0) is 26.5. The largest absolute Gasteiger partial charge is 0.494 e. The summed E-state index contributed by atoms with van der Waals surface area (Å²) in [5, 5.41) is 12.3. The number of carbonyl (C=O) groups excluding carboxylic acids is 1. The summed E-state index contributed by atoms with van der Waals surface area (Å²) in [4.78, 5) is 19.7. The quantitative estimate of drug-likeness (QED) is 0.412. The van der Waals surface area contributed by atoms with E-state index >= 15 is 0 Å². The molecule has 3 aromatic rings. The maximum Gasteiger partial charge on any atom is 0.274 e. The van der Waals surface area contributed by atoms with Gasteiger partial charge in [-0.1, -0.05) is 6.07 Å². The normalized spacial score (nSPS) is 20.6. The molecule has 3 heterocycles. The van der Waals surface area contributed by atoms with E-state index in [1.54, 1.807) is 13.2 Å². The van der Waals surface area contributed by atoms with E-state index < -0.39 is 0 Å². The third-order valence-electron chi connectivity index (χ3n) is 8.35. The molecule has 2 N–H and O–H groups in total. The van der Waals surface area contributed by atoms with Crippen molar-refractivity contribution >= 4 is 22.5 Å². The van der Waals surface area contributed by atoms with Crippen molar-refractivity contribution < 1.29 is 9.53 Å². The van der Waals surface area contributed by atoms with Crippen LogP contribution >= 0.6 is 0 Å². The SMILES string of the molecule is COc1cc2nn([C@H]3CC[C@H](CN(C)CCC4CCNCC4)CC3)cc2cc1NC(=O)c1cccc(C)n1. The molecule has 8 nitrogen and oxygen atoms in total. The van der Waals surface area contributed by atoms with Crippen molar-refractivity contribution in [3.05, 3.63) is 47.9 Å². The molecule has 2 fully saturated rings. The van der Waals surface area contributed by atoms with E-state index in [0.717, 1.165) is 41.3 Å². The van der Waals surface area contributed by atoms with Gasteiger partial charge in [0.25, 0.3) is 5.91 Å². The number of hydrogen-bond donors (Lipinski definition) is 2. The first-order valence-corrected chi connectivity index (χ1v) is 14.2. The molecule has 0 spiro atoms. The van der Waals surface area contributed by atoms with Crippen LogP contribution in [-0.2, 0) is 0 Å². The molecule has 2 aromatic heterocycles. The summed E-state index contributed by atoms with van der Waals surface area (Å²) in [5.74, 6) is 2.01. The molecular weight excluding hydrogens is 476 g/mol. The van der Waals surface area contributed by atoms with Crippen LogP contribution in [0.5, 0.6) is 5.75 Å². The van der Waals surface area contributed by atoms with Crippen molar-refractivity contribution in [3.8, 4) is 5.75 Å². The monoisotopic (exact) mass is 518 g/mol. The number of pyridine rings is 1. The Bertz CT molecular complexity index is 1230. The second kappa shape index (κ2) is 12.3. The van der Waals surface area contributed by atoms with Gasteiger partial charge in [0, 0.05) is 29.9 Å². The van der Waals surface area contributed by atoms with E-state index in [9.17, 15) is 4.79 Å². The number of nitrogens with zero attached hydrogens (tertiary/aromatic N) is 4. The number of amides is 1. The number of aromatic nitrogens is 3. The van der Waals surface area contributed by atoms with Crippen molar-refractivity contribution in [2.45, 2.75) is 57.9 Å². The van der Waals surface area contributed by atoms with Gasteiger partial charge in [0.2, 0.25) is 0 Å². The molecule has 0 bridgehead atoms. The molecule has 1 saturated carbocycles. The molecule has 0 unspecified atom stereocenters. The lowest BCUT2D eigenvalue weighted by Crippen LogP contribution is -2.33. The number of rotatable bonds is 9. The van der Waals surface area contributed by atoms with Crippen LogP contribution in [0.4, 0.5) is 5.69 Å². The first kappa shape index (κ1) is 26.6. The van der Waals surface area contributed by atoms with Gasteiger partial charge in [-0.05, 0) is 109 Å². The van der Waals surface area contributed by atoms with Crippen LogP contribution in [0, 0.1) is 18.8 Å². The van der Waals surface area contributed by atoms with E-state index in [1.807, 2.05) is 31.2 Å². The second-order valence-electron chi connectivity index (χ2n) is 11.3. The molecular formula is C30H42N6O2. The Morgan fingerprint density at radius 1 is 1.13 bits per heavy atom. The lowest BCUT2D eigenvalue weighted by Gasteiger charge is -2.32. The van der Waals surface area contributed by atoms with E-state index in [2.05, 4.69) is 38.4 Å². The predicted molar refractivity (Wildman–Crippen MR) is 152 cm³/mol. The smallest absolute Gasteiger partial charge is 0.274 e. The summed E-state index contributed by atoms with van der Waals surface area (Å²) >= 11 is 0. The average Bonchev–Trinajstić information content (AvgIpc) is 3.35. The van der Waals surface area contributed by atoms with Gasteiger partial charge in [-0.2, -0.15) is 5.10 Å². The van der Waals surface area contributed by atoms with Crippen molar-refractivity contribution in [1.82, 2.24) is 25.0 Å². The molecule has 2 aliphatic rings. The lowest BCUT2D eigenvalue weighted by atomic mass is 9.85. The fraction of sp³-hybridized carbons (Fsp3) is 0.567. The minimum Gasteiger partial charge on any atom is -0.494 e. The maximum absolute atomic E-state index is 12.8. The zero-order valence-electron chi connectivity index (χ0n) is 23.1. The highest BCUT2D eigenvalue weighted by molar-refractivity contribution is 6.05. The van der Waals surface area contributed by atoms with Crippen LogP contribution in [-0.4, -0.2) is 65.9 Å². The number of hydrogen-bond acceptors (Lipinski definition) is 6. The molecule has 1 aromatic carbocycles. The topological polar surface area (TPSA) is 84.3 Å². The summed E-state index contributed by atoms with van der Waals surface area (Å²) in [5.41, 5.74) is 2.70. The Kier molecular flexibility index (Phi) is 8.59. The van der Waals surface area contributed by atoms with E-state index in [4.69, 9.17) is 9.84 Å². The summed E-state index contributed by atoms with van der Waals surface area (Å²) in [6, 6.07) is 9.71. The molecule has 1 saturated heterocycles. The van der Waals surface area contributed by atoms with Gasteiger partial charge in [0.15, 0.2) is 0 Å². The molecule has 5 rings (SSSR count). The van der Waals surface area contributed by atoms with Crippen molar-refractivity contribution in [3.63, 3.8) is 0 Å². The Morgan fingerprint density at radius 3 is 2.66 bits per heavy atom.